The van der Waals surface area contributed by atoms with E-state index in [1.807, 2.05) is 0 Å². The molecule has 1 aliphatic heterocycles. The Labute approximate surface area is 110 Å². The monoisotopic (exact) mass is 267 g/mol. The highest BCUT2D eigenvalue weighted by molar-refractivity contribution is 6.31. The number of nitrogens with two attached hydrogens (primary N) is 1. The van der Waals surface area contributed by atoms with Gasteiger partial charge in [0.05, 0.1) is 12.1 Å². The van der Waals surface area contributed by atoms with Gasteiger partial charge in [0.25, 0.3) is 0 Å². The van der Waals surface area contributed by atoms with Crippen LogP contribution in [0.2, 0.25) is 5.02 Å². The molecule has 5 heteroatoms. The Morgan fingerprint density at radius 2 is 2.22 bits per heavy atom. The van der Waals surface area contributed by atoms with Crippen molar-refractivity contribution < 1.29 is 4.39 Å². The summed E-state index contributed by atoms with van der Waals surface area (Å²) in [7, 11) is 0. The molecule has 1 heterocycles. The molecule has 1 unspecified atom stereocenters. The number of aliphatic imine (C=N–C) groups is 1. The maximum atomic E-state index is 13.2. The van der Waals surface area contributed by atoms with Crippen molar-refractivity contribution in [2.24, 2.45) is 10.7 Å². The summed E-state index contributed by atoms with van der Waals surface area (Å²) in [6.45, 7) is 2.63. The van der Waals surface area contributed by atoms with Gasteiger partial charge in [-0.1, -0.05) is 17.7 Å². The maximum absolute atomic E-state index is 13.2. The predicted octanol–water partition coefficient (Wildman–Crippen LogP) is 2.49. The van der Waals surface area contributed by atoms with Crippen molar-refractivity contribution in [3.05, 3.63) is 34.6 Å². The number of nitrogens with zero attached hydrogens (tertiary/aromatic N) is 2. The van der Waals surface area contributed by atoms with Crippen LogP contribution >= 0.6 is 11.6 Å². The fourth-order valence-electron chi connectivity index (χ4n) is 2.70. The van der Waals surface area contributed by atoms with Gasteiger partial charge in [0.15, 0.2) is 5.96 Å². The molecule has 3 nitrogen and oxygen atoms in total. The molecule has 1 aromatic rings. The van der Waals surface area contributed by atoms with Gasteiger partial charge in [-0.3, -0.25) is 4.99 Å². The van der Waals surface area contributed by atoms with Crippen molar-refractivity contribution >= 4 is 17.6 Å². The molecule has 0 saturated heterocycles. The van der Waals surface area contributed by atoms with E-state index in [0.29, 0.717) is 23.6 Å². The summed E-state index contributed by atoms with van der Waals surface area (Å²) in [6.07, 6.45) is 2.26. The molecule has 0 amide bonds. The van der Waals surface area contributed by atoms with Crippen LogP contribution in [0.25, 0.3) is 0 Å². The molecule has 18 heavy (non-hydrogen) atoms. The van der Waals surface area contributed by atoms with E-state index in [4.69, 9.17) is 17.3 Å². The van der Waals surface area contributed by atoms with E-state index in [1.54, 1.807) is 6.07 Å². The fourth-order valence-corrected chi connectivity index (χ4v) is 3.07. The Hall–Kier alpha value is -1.29. The zero-order chi connectivity index (χ0) is 12.9. The third-order valence-corrected chi connectivity index (χ3v) is 4.06. The van der Waals surface area contributed by atoms with Crippen molar-refractivity contribution in [1.82, 2.24) is 4.90 Å². The molecule has 3 rings (SSSR count). The van der Waals surface area contributed by atoms with Gasteiger partial charge >= 0.3 is 0 Å². The van der Waals surface area contributed by atoms with Gasteiger partial charge in [-0.2, -0.15) is 0 Å². The molecule has 0 bridgehead atoms. The second kappa shape index (κ2) is 3.85. The van der Waals surface area contributed by atoms with E-state index < -0.39 is 0 Å². The van der Waals surface area contributed by atoms with Crippen LogP contribution in [0, 0.1) is 5.82 Å². The van der Waals surface area contributed by atoms with Gasteiger partial charge in [0, 0.05) is 11.1 Å². The number of hydrogen-bond acceptors (Lipinski definition) is 3. The van der Waals surface area contributed by atoms with Crippen LogP contribution in [0.15, 0.2) is 23.2 Å². The van der Waals surface area contributed by atoms with E-state index in [2.05, 4.69) is 16.8 Å². The minimum Gasteiger partial charge on any atom is -0.370 e. The quantitative estimate of drug-likeness (QED) is 0.894. The molecule has 1 atom stereocenters. The van der Waals surface area contributed by atoms with Crippen LogP contribution in [0.1, 0.15) is 25.3 Å². The second-order valence-corrected chi connectivity index (χ2v) is 5.58. The van der Waals surface area contributed by atoms with E-state index in [1.165, 1.54) is 12.1 Å². The van der Waals surface area contributed by atoms with E-state index in [-0.39, 0.29) is 11.4 Å². The molecule has 0 aromatic heterocycles. The molecule has 2 N–H and O–H groups in total. The lowest BCUT2D eigenvalue weighted by molar-refractivity contribution is 0.216. The van der Waals surface area contributed by atoms with Crippen molar-refractivity contribution in [2.75, 3.05) is 6.54 Å². The first kappa shape index (κ1) is 11.8. The number of benzene rings is 1. The van der Waals surface area contributed by atoms with Gasteiger partial charge < -0.3 is 10.6 Å². The van der Waals surface area contributed by atoms with E-state index in [0.717, 1.165) is 18.4 Å². The Kier molecular flexibility index (Phi) is 2.52. The summed E-state index contributed by atoms with van der Waals surface area (Å²) in [4.78, 5) is 6.47. The molecule has 96 valence electrons. The number of hydrogen-bond donors (Lipinski definition) is 1. The minimum absolute atomic E-state index is 0.322. The molecule has 1 saturated carbocycles. The fraction of sp³-hybridized carbons (Fsp3) is 0.462. The lowest BCUT2D eigenvalue weighted by Gasteiger charge is -2.37. The summed E-state index contributed by atoms with van der Waals surface area (Å²) >= 11 is 6.18. The van der Waals surface area contributed by atoms with Gasteiger partial charge in [-0.25, -0.2) is 4.39 Å². The average molecular weight is 268 g/mol. The number of guanidine groups is 1. The zero-order valence-electron chi connectivity index (χ0n) is 10.2. The van der Waals surface area contributed by atoms with Crippen LogP contribution in [-0.2, 0) is 5.54 Å². The van der Waals surface area contributed by atoms with Crippen LogP contribution in [0.3, 0.4) is 0 Å². The highest BCUT2D eigenvalue weighted by Gasteiger charge is 2.47. The summed E-state index contributed by atoms with van der Waals surface area (Å²) < 4.78 is 13.2. The summed E-state index contributed by atoms with van der Waals surface area (Å²) in [5.41, 5.74) is 6.51. The van der Waals surface area contributed by atoms with Crippen LogP contribution in [0.5, 0.6) is 0 Å². The Bertz CT molecular complexity index is 527. The van der Waals surface area contributed by atoms with Gasteiger partial charge in [0.1, 0.15) is 5.82 Å². The van der Waals surface area contributed by atoms with Crippen molar-refractivity contribution in [2.45, 2.75) is 31.3 Å². The molecule has 0 spiro atoms. The number of rotatable bonds is 2. The smallest absolute Gasteiger partial charge is 0.192 e. The van der Waals surface area contributed by atoms with Crippen molar-refractivity contribution in [3.63, 3.8) is 0 Å². The van der Waals surface area contributed by atoms with Gasteiger partial charge in [0.2, 0.25) is 0 Å². The second-order valence-electron chi connectivity index (χ2n) is 5.17. The zero-order valence-corrected chi connectivity index (χ0v) is 10.9. The predicted molar refractivity (Wildman–Crippen MR) is 70.1 cm³/mol. The molecule has 0 radical (unpaired) electrons. The first-order valence-corrected chi connectivity index (χ1v) is 6.45. The largest absolute Gasteiger partial charge is 0.370 e. The van der Waals surface area contributed by atoms with Crippen molar-refractivity contribution in [3.8, 4) is 0 Å². The summed E-state index contributed by atoms with van der Waals surface area (Å²) in [6, 6.07) is 4.97. The molecular weight excluding hydrogens is 253 g/mol. The molecule has 1 fully saturated rings. The Balaban J connectivity index is 2.04. The lowest BCUT2D eigenvalue weighted by Crippen LogP contribution is -2.48. The molecule has 2 aliphatic rings. The highest BCUT2D eigenvalue weighted by atomic mass is 35.5. The Morgan fingerprint density at radius 3 is 2.83 bits per heavy atom. The topological polar surface area (TPSA) is 41.6 Å². The highest BCUT2D eigenvalue weighted by Crippen LogP contribution is 2.43. The summed E-state index contributed by atoms with van der Waals surface area (Å²) in [5, 5.41) is 0.438. The van der Waals surface area contributed by atoms with Gasteiger partial charge in [-0.15, -0.1) is 0 Å². The lowest BCUT2D eigenvalue weighted by atomic mass is 9.90. The number of halogens is 2. The van der Waals surface area contributed by atoms with E-state index >= 15 is 0 Å². The molecule has 1 aliphatic carbocycles. The first-order valence-electron chi connectivity index (χ1n) is 6.07. The van der Waals surface area contributed by atoms with Crippen LogP contribution in [-0.4, -0.2) is 23.4 Å². The Morgan fingerprint density at radius 1 is 1.50 bits per heavy atom. The summed E-state index contributed by atoms with van der Waals surface area (Å²) in [5.74, 6) is 0.248. The molecule has 1 aromatic carbocycles. The van der Waals surface area contributed by atoms with E-state index in [9.17, 15) is 4.39 Å². The maximum Gasteiger partial charge on any atom is 0.192 e. The van der Waals surface area contributed by atoms with Crippen LogP contribution < -0.4 is 5.73 Å². The van der Waals surface area contributed by atoms with Crippen molar-refractivity contribution in [1.29, 1.82) is 0 Å². The van der Waals surface area contributed by atoms with Crippen LogP contribution in [0.4, 0.5) is 4.39 Å². The average Bonchev–Trinajstić information content (AvgIpc) is 3.06. The standard InChI is InChI=1S/C13H15ClFN3/c1-13(10-5-2-8(15)6-11(10)14)7-17-12(16)18(13)9-3-4-9/h2,5-6,9H,3-4,7H2,1H3,(H2,16,17). The minimum atomic E-state index is -0.351. The molecular formula is C13H15ClFN3. The SMILES string of the molecule is CC1(c2ccc(F)cc2Cl)CN=C(N)N1C1CC1. The normalized spacial score (nSPS) is 27.5. The third kappa shape index (κ3) is 1.67. The van der Waals surface area contributed by atoms with Gasteiger partial charge in [-0.05, 0) is 37.5 Å². The third-order valence-electron chi connectivity index (χ3n) is 3.75. The first-order chi connectivity index (χ1) is 8.52.